The topological polar surface area (TPSA) is 90.0 Å². The molecule has 2 aromatic rings. The van der Waals surface area contributed by atoms with E-state index in [2.05, 4.69) is 15.5 Å². The zero-order chi connectivity index (χ0) is 25.9. The molecule has 0 bridgehead atoms. The van der Waals surface area contributed by atoms with Gasteiger partial charge in [0.15, 0.2) is 0 Å². The summed E-state index contributed by atoms with van der Waals surface area (Å²) in [5.74, 6) is 1.37. The zero-order valence-electron chi connectivity index (χ0n) is 20.2. The minimum absolute atomic E-state index is 0.0548. The van der Waals surface area contributed by atoms with Crippen LogP contribution in [-0.2, 0) is 4.74 Å². The number of urea groups is 1. The van der Waals surface area contributed by atoms with Crippen LogP contribution in [0.5, 0.6) is 0 Å². The molecule has 36 heavy (non-hydrogen) atoms. The molecule has 0 saturated carbocycles. The number of ether oxygens (including phenoxy) is 1. The summed E-state index contributed by atoms with van der Waals surface area (Å²) in [6.07, 6.45) is -3.41. The van der Waals surface area contributed by atoms with Crippen molar-refractivity contribution in [1.29, 1.82) is 0 Å². The Morgan fingerprint density at radius 1 is 1.22 bits per heavy atom. The predicted molar refractivity (Wildman–Crippen MR) is 132 cm³/mol. The number of anilines is 3. The third-order valence-electron chi connectivity index (χ3n) is 6.19. The number of aliphatic hydroxyl groups excluding tert-OH is 1. The highest BCUT2D eigenvalue weighted by atomic mass is 19.4. The molecule has 1 aromatic heterocycles. The summed E-state index contributed by atoms with van der Waals surface area (Å²) in [6, 6.07) is 8.43. The Balaban J connectivity index is 1.59. The Bertz CT molecular complexity index is 1130. The molecule has 3 N–H and O–H groups in total. The Morgan fingerprint density at radius 2 is 1.97 bits per heavy atom. The molecule has 0 spiro atoms. The van der Waals surface area contributed by atoms with Crippen LogP contribution in [0.1, 0.15) is 12.5 Å². The second kappa shape index (κ2) is 10.8. The number of aromatic nitrogens is 1. The van der Waals surface area contributed by atoms with E-state index < -0.39 is 24.3 Å². The first-order valence-corrected chi connectivity index (χ1v) is 11.8. The van der Waals surface area contributed by atoms with Crippen molar-refractivity contribution in [3.8, 4) is 11.1 Å². The third kappa shape index (κ3) is 6.08. The molecule has 0 aliphatic carbocycles. The van der Waals surface area contributed by atoms with Crippen molar-refractivity contribution in [3.63, 3.8) is 0 Å². The molecule has 2 aliphatic heterocycles. The standard InChI is InChI=1S/C25H30F3N5O3/c1-16-3-4-20(30-24(35)33-6-5-19(14-33)25(26,27)28)13-21(16)18-11-22(29-17(2)15-34)31-23(12-18)32-7-9-36-10-8-32/h3-5,11-13,17,34H,6-10,14-15H2,1-2H3,(H,29,31)(H,30,35). The molecule has 2 amide bonds. The maximum atomic E-state index is 12.9. The second-order valence-corrected chi connectivity index (χ2v) is 8.99. The van der Waals surface area contributed by atoms with E-state index in [-0.39, 0.29) is 19.2 Å². The number of amides is 2. The van der Waals surface area contributed by atoms with E-state index in [1.807, 2.05) is 32.0 Å². The molecule has 1 unspecified atom stereocenters. The number of hydrogen-bond donors (Lipinski definition) is 3. The lowest BCUT2D eigenvalue weighted by Gasteiger charge is -2.29. The summed E-state index contributed by atoms with van der Waals surface area (Å²) in [5.41, 5.74) is 2.42. The van der Waals surface area contributed by atoms with Crippen molar-refractivity contribution in [2.75, 3.05) is 61.5 Å². The number of aliphatic hydroxyl groups is 1. The van der Waals surface area contributed by atoms with Crippen molar-refractivity contribution in [2.24, 2.45) is 0 Å². The Morgan fingerprint density at radius 3 is 2.64 bits per heavy atom. The van der Waals surface area contributed by atoms with Crippen LogP contribution in [-0.4, -0.2) is 79.2 Å². The molecule has 1 saturated heterocycles. The number of pyridine rings is 1. The number of nitrogens with one attached hydrogen (secondary N) is 2. The number of rotatable bonds is 6. The van der Waals surface area contributed by atoms with Crippen molar-refractivity contribution < 1.29 is 27.8 Å². The predicted octanol–water partition coefficient (Wildman–Crippen LogP) is 4.02. The van der Waals surface area contributed by atoms with Crippen LogP contribution in [0.25, 0.3) is 11.1 Å². The van der Waals surface area contributed by atoms with Crippen LogP contribution < -0.4 is 15.5 Å². The fourth-order valence-electron chi connectivity index (χ4n) is 4.13. The number of halogens is 3. The third-order valence-corrected chi connectivity index (χ3v) is 6.19. The van der Waals surface area contributed by atoms with Gasteiger partial charge in [0.05, 0.1) is 31.9 Å². The maximum Gasteiger partial charge on any atom is 0.414 e. The quantitative estimate of drug-likeness (QED) is 0.514. The molecule has 0 radical (unpaired) electrons. The largest absolute Gasteiger partial charge is 0.414 e. The van der Waals surface area contributed by atoms with E-state index >= 15 is 0 Å². The fraction of sp³-hybridized carbons (Fsp3) is 0.440. The first-order chi connectivity index (χ1) is 17.1. The van der Waals surface area contributed by atoms with Gasteiger partial charge in [0.1, 0.15) is 11.6 Å². The first-order valence-electron chi connectivity index (χ1n) is 11.8. The number of hydrogen-bond acceptors (Lipinski definition) is 6. The lowest BCUT2D eigenvalue weighted by Crippen LogP contribution is -2.37. The molecule has 3 heterocycles. The van der Waals surface area contributed by atoms with E-state index in [4.69, 9.17) is 9.72 Å². The van der Waals surface area contributed by atoms with Crippen LogP contribution in [0, 0.1) is 6.92 Å². The highest BCUT2D eigenvalue weighted by Gasteiger charge is 2.38. The Hall–Kier alpha value is -3.31. The lowest BCUT2D eigenvalue weighted by atomic mass is 10.00. The van der Waals surface area contributed by atoms with Crippen LogP contribution in [0.15, 0.2) is 42.0 Å². The molecular weight excluding hydrogens is 475 g/mol. The number of alkyl halides is 3. The molecular formula is C25H30F3N5O3. The minimum atomic E-state index is -4.44. The Kier molecular flexibility index (Phi) is 7.70. The van der Waals surface area contributed by atoms with Gasteiger partial charge in [-0.25, -0.2) is 9.78 Å². The number of aryl methyl sites for hydroxylation is 1. The lowest BCUT2D eigenvalue weighted by molar-refractivity contribution is -0.0929. The monoisotopic (exact) mass is 505 g/mol. The van der Waals surface area contributed by atoms with E-state index in [0.29, 0.717) is 37.8 Å². The molecule has 8 nitrogen and oxygen atoms in total. The van der Waals surface area contributed by atoms with Crippen LogP contribution in [0.4, 0.5) is 35.3 Å². The molecule has 11 heteroatoms. The highest BCUT2D eigenvalue weighted by Crippen LogP contribution is 2.33. The van der Waals surface area contributed by atoms with Crippen LogP contribution in [0.3, 0.4) is 0 Å². The smallest absolute Gasteiger partial charge is 0.394 e. The van der Waals surface area contributed by atoms with Gasteiger partial charge in [-0.05, 0) is 54.8 Å². The molecule has 1 fully saturated rings. The summed E-state index contributed by atoms with van der Waals surface area (Å²) in [7, 11) is 0. The fourth-order valence-corrected chi connectivity index (χ4v) is 4.13. The molecule has 2 aliphatic rings. The van der Waals surface area contributed by atoms with Gasteiger partial charge in [0.25, 0.3) is 0 Å². The first kappa shape index (κ1) is 25.8. The van der Waals surface area contributed by atoms with E-state index in [1.54, 1.807) is 12.1 Å². The van der Waals surface area contributed by atoms with Gasteiger partial charge in [-0.2, -0.15) is 13.2 Å². The summed E-state index contributed by atoms with van der Waals surface area (Å²) >= 11 is 0. The SMILES string of the molecule is Cc1ccc(NC(=O)N2CC=C(C(F)(F)F)C2)cc1-c1cc(NC(C)CO)nc(N2CCOCC2)c1. The van der Waals surface area contributed by atoms with E-state index in [0.717, 1.165) is 33.5 Å². The number of benzene rings is 1. The van der Waals surface area contributed by atoms with E-state index in [1.165, 1.54) is 0 Å². The molecule has 1 atom stereocenters. The van der Waals surface area contributed by atoms with Gasteiger partial charge in [0.2, 0.25) is 0 Å². The Labute approximate surface area is 207 Å². The van der Waals surface area contributed by atoms with Gasteiger partial charge in [-0.1, -0.05) is 12.1 Å². The van der Waals surface area contributed by atoms with Gasteiger partial charge in [-0.3, -0.25) is 0 Å². The van der Waals surface area contributed by atoms with Gasteiger partial charge in [0, 0.05) is 31.4 Å². The van der Waals surface area contributed by atoms with Crippen molar-refractivity contribution in [2.45, 2.75) is 26.1 Å². The van der Waals surface area contributed by atoms with Crippen LogP contribution in [0.2, 0.25) is 0 Å². The van der Waals surface area contributed by atoms with Gasteiger partial charge >= 0.3 is 12.2 Å². The second-order valence-electron chi connectivity index (χ2n) is 8.99. The highest BCUT2D eigenvalue weighted by molar-refractivity contribution is 5.91. The van der Waals surface area contributed by atoms with Crippen molar-refractivity contribution >= 4 is 23.4 Å². The molecule has 194 valence electrons. The average Bonchev–Trinajstić information content (AvgIpc) is 3.37. The van der Waals surface area contributed by atoms with Crippen molar-refractivity contribution in [1.82, 2.24) is 9.88 Å². The number of carbonyl (C=O) groups is 1. The summed E-state index contributed by atoms with van der Waals surface area (Å²) in [4.78, 5) is 20.6. The normalized spacial score (nSPS) is 17.1. The van der Waals surface area contributed by atoms with Gasteiger partial charge in [-0.15, -0.1) is 0 Å². The zero-order valence-corrected chi connectivity index (χ0v) is 20.2. The van der Waals surface area contributed by atoms with E-state index in [9.17, 15) is 23.1 Å². The molecule has 4 rings (SSSR count). The van der Waals surface area contributed by atoms with Crippen molar-refractivity contribution in [3.05, 3.63) is 47.5 Å². The average molecular weight is 506 g/mol. The summed E-state index contributed by atoms with van der Waals surface area (Å²) in [5, 5.41) is 15.4. The number of nitrogens with zero attached hydrogens (tertiary/aromatic N) is 3. The number of morpholine rings is 1. The summed E-state index contributed by atoms with van der Waals surface area (Å²) < 4.78 is 44.3. The van der Waals surface area contributed by atoms with Crippen LogP contribution >= 0.6 is 0 Å². The van der Waals surface area contributed by atoms with Gasteiger partial charge < -0.3 is 30.3 Å². The molecule has 1 aromatic carbocycles. The minimum Gasteiger partial charge on any atom is -0.394 e. The maximum absolute atomic E-state index is 12.9. The number of carbonyl (C=O) groups excluding carboxylic acids is 1. The summed E-state index contributed by atoms with van der Waals surface area (Å²) in [6.45, 7) is 5.77.